The summed E-state index contributed by atoms with van der Waals surface area (Å²) in [6.07, 6.45) is 0. The summed E-state index contributed by atoms with van der Waals surface area (Å²) in [5.74, 6) is -0.769. The van der Waals surface area contributed by atoms with Crippen LogP contribution in [0.3, 0.4) is 0 Å². The van der Waals surface area contributed by atoms with Gasteiger partial charge in [0.1, 0.15) is 16.5 Å². The normalized spacial score (nSPS) is 18.6. The maximum Gasteiger partial charge on any atom is 0.265 e. The molecule has 7 heteroatoms. The fourth-order valence-corrected chi connectivity index (χ4v) is 6.42. The minimum atomic E-state index is -4.08. The van der Waals surface area contributed by atoms with Crippen molar-refractivity contribution in [3.63, 3.8) is 0 Å². The summed E-state index contributed by atoms with van der Waals surface area (Å²) in [6.45, 7) is 4.06. The number of nitrogens with zero attached hydrogens (tertiary/aromatic N) is 2. The summed E-state index contributed by atoms with van der Waals surface area (Å²) in [7, 11) is -4.08. The van der Waals surface area contributed by atoms with E-state index < -0.39 is 15.9 Å². The molecule has 0 spiro atoms. The van der Waals surface area contributed by atoms with Crippen molar-refractivity contribution >= 4 is 21.5 Å². The summed E-state index contributed by atoms with van der Waals surface area (Å²) in [5.41, 5.74) is 11.0. The molecule has 0 radical (unpaired) electrons. The van der Waals surface area contributed by atoms with Crippen LogP contribution in [0.1, 0.15) is 33.7 Å². The smallest absolute Gasteiger partial charge is 0.265 e. The molecular formula is C27H23N3O3S. The molecule has 3 aromatic carbocycles. The molecule has 170 valence electrons. The van der Waals surface area contributed by atoms with E-state index in [0.29, 0.717) is 16.8 Å². The molecule has 0 bridgehead atoms. The number of benzene rings is 3. The van der Waals surface area contributed by atoms with Crippen molar-refractivity contribution in [1.29, 1.82) is 5.26 Å². The molecule has 6 nitrogen and oxygen atoms in total. The van der Waals surface area contributed by atoms with Crippen LogP contribution >= 0.6 is 0 Å². The quantitative estimate of drug-likeness (QED) is 0.593. The molecule has 0 saturated heterocycles. The summed E-state index contributed by atoms with van der Waals surface area (Å²) >= 11 is 0. The van der Waals surface area contributed by atoms with Crippen molar-refractivity contribution in [3.05, 3.63) is 117 Å². The zero-order chi connectivity index (χ0) is 24.0. The van der Waals surface area contributed by atoms with Crippen LogP contribution < -0.4 is 10.0 Å². The lowest BCUT2D eigenvalue weighted by Gasteiger charge is -2.38. The first-order chi connectivity index (χ1) is 16.3. The van der Waals surface area contributed by atoms with Crippen molar-refractivity contribution in [2.24, 2.45) is 5.73 Å². The zero-order valence-corrected chi connectivity index (χ0v) is 19.6. The third-order valence-electron chi connectivity index (χ3n) is 6.34. The van der Waals surface area contributed by atoms with E-state index in [4.69, 9.17) is 10.5 Å². The Bertz CT molecular complexity index is 1510. The second kappa shape index (κ2) is 8.08. The Hall–Kier alpha value is -4.02. The van der Waals surface area contributed by atoms with Crippen molar-refractivity contribution < 1.29 is 13.2 Å². The van der Waals surface area contributed by atoms with Crippen LogP contribution in [-0.2, 0) is 21.3 Å². The lowest BCUT2D eigenvalue weighted by Crippen LogP contribution is -2.39. The average molecular weight is 470 g/mol. The van der Waals surface area contributed by atoms with E-state index in [0.717, 1.165) is 16.7 Å². The fourth-order valence-electron chi connectivity index (χ4n) is 4.51. The van der Waals surface area contributed by atoms with Gasteiger partial charge in [0.2, 0.25) is 5.88 Å². The molecule has 3 aromatic rings. The fraction of sp³-hybridized carbons (Fsp3) is 0.148. The maximum absolute atomic E-state index is 14.3. The van der Waals surface area contributed by atoms with Crippen LogP contribution in [0.25, 0.3) is 5.76 Å². The molecule has 34 heavy (non-hydrogen) atoms. The number of anilines is 1. The average Bonchev–Trinajstić information content (AvgIpc) is 2.82. The maximum atomic E-state index is 14.3. The van der Waals surface area contributed by atoms with Crippen LogP contribution in [0, 0.1) is 25.2 Å². The predicted octanol–water partition coefficient (Wildman–Crippen LogP) is 4.83. The van der Waals surface area contributed by atoms with E-state index in [9.17, 15) is 13.7 Å². The predicted molar refractivity (Wildman–Crippen MR) is 131 cm³/mol. The largest absolute Gasteiger partial charge is 0.439 e. The first kappa shape index (κ1) is 21.8. The molecule has 2 heterocycles. The molecule has 2 aliphatic heterocycles. The van der Waals surface area contributed by atoms with Gasteiger partial charge in [0.05, 0.1) is 18.2 Å². The molecule has 2 N–H and O–H groups in total. The molecule has 0 fully saturated rings. The second-order valence-corrected chi connectivity index (χ2v) is 10.3. The summed E-state index contributed by atoms with van der Waals surface area (Å²) in [6, 6.07) is 24.5. The number of para-hydroxylation sites is 1. The van der Waals surface area contributed by atoms with Gasteiger partial charge in [-0.2, -0.15) is 5.26 Å². The highest BCUT2D eigenvalue weighted by molar-refractivity contribution is 7.96. The van der Waals surface area contributed by atoms with Crippen LogP contribution in [0.2, 0.25) is 0 Å². The summed E-state index contributed by atoms with van der Waals surface area (Å²) in [4.78, 5) is 0.0365. The standard InChI is InChI=1S/C27H23N3O3S/c1-17-11-13-19(14-12-17)24-22(15-28)27(29)33-25-21-9-5-6-10-23(21)30(34(31,32)26(24)25)16-20-8-4-3-7-18(20)2/h3-14,24H,16,29H2,1-2H3/t24-/m1/s1. The van der Waals surface area contributed by atoms with Crippen molar-refractivity contribution in [3.8, 4) is 6.07 Å². The number of hydrogen-bond acceptors (Lipinski definition) is 5. The number of aryl methyl sites for hydroxylation is 2. The van der Waals surface area contributed by atoms with Crippen LogP contribution in [0.4, 0.5) is 5.69 Å². The first-order valence-corrected chi connectivity index (χ1v) is 12.3. The highest BCUT2D eigenvalue weighted by Gasteiger charge is 2.47. The van der Waals surface area contributed by atoms with Gasteiger partial charge < -0.3 is 10.5 Å². The minimum Gasteiger partial charge on any atom is -0.439 e. The van der Waals surface area contributed by atoms with Gasteiger partial charge in [-0.3, -0.25) is 4.31 Å². The number of sulfonamides is 1. The van der Waals surface area contributed by atoms with Gasteiger partial charge in [0.15, 0.2) is 5.76 Å². The van der Waals surface area contributed by atoms with Gasteiger partial charge >= 0.3 is 0 Å². The third-order valence-corrected chi connectivity index (χ3v) is 8.23. The molecule has 0 aliphatic carbocycles. The van der Waals surface area contributed by atoms with E-state index >= 15 is 0 Å². The monoisotopic (exact) mass is 469 g/mol. The Morgan fingerprint density at radius 1 is 1.00 bits per heavy atom. The third kappa shape index (κ3) is 3.35. The Kier molecular flexibility index (Phi) is 5.18. The van der Waals surface area contributed by atoms with Crippen molar-refractivity contribution in [2.75, 3.05) is 4.31 Å². The number of ether oxygens (including phenoxy) is 1. The Morgan fingerprint density at radius 3 is 2.38 bits per heavy atom. The second-order valence-electron chi connectivity index (χ2n) is 8.48. The van der Waals surface area contributed by atoms with E-state index in [2.05, 4.69) is 6.07 Å². The first-order valence-electron chi connectivity index (χ1n) is 10.9. The number of fused-ring (bicyclic) bond motifs is 2. The Balaban J connectivity index is 1.77. The van der Waals surface area contributed by atoms with Crippen LogP contribution in [0.15, 0.2) is 89.2 Å². The van der Waals surface area contributed by atoms with E-state index in [1.807, 2.05) is 74.5 Å². The molecular weight excluding hydrogens is 446 g/mol. The molecule has 0 amide bonds. The van der Waals surface area contributed by atoms with Gasteiger partial charge in [-0.1, -0.05) is 66.2 Å². The van der Waals surface area contributed by atoms with Gasteiger partial charge in [0.25, 0.3) is 10.0 Å². The lowest BCUT2D eigenvalue weighted by molar-refractivity contribution is 0.357. The number of nitriles is 1. The molecule has 0 aromatic heterocycles. The molecule has 0 unspecified atom stereocenters. The van der Waals surface area contributed by atoms with Crippen LogP contribution in [0.5, 0.6) is 0 Å². The summed E-state index contributed by atoms with van der Waals surface area (Å²) < 4.78 is 35.8. The molecule has 1 atom stereocenters. The van der Waals surface area contributed by atoms with Crippen LogP contribution in [-0.4, -0.2) is 8.42 Å². The lowest BCUT2D eigenvalue weighted by atomic mass is 9.88. The van der Waals surface area contributed by atoms with Gasteiger partial charge in [-0.15, -0.1) is 0 Å². The topological polar surface area (TPSA) is 96.4 Å². The van der Waals surface area contributed by atoms with Crippen molar-refractivity contribution in [1.82, 2.24) is 0 Å². The zero-order valence-electron chi connectivity index (χ0n) is 18.8. The van der Waals surface area contributed by atoms with Gasteiger partial charge in [0, 0.05) is 5.56 Å². The van der Waals surface area contributed by atoms with Gasteiger partial charge in [-0.25, -0.2) is 8.42 Å². The SMILES string of the molecule is Cc1ccc([C@@H]2C(C#N)=C(N)OC3=C2S(=O)(=O)N(Cc2ccccc2C)c2ccccc23)cc1. The number of nitrogens with two attached hydrogens (primary N) is 1. The Morgan fingerprint density at radius 2 is 1.68 bits per heavy atom. The summed E-state index contributed by atoms with van der Waals surface area (Å²) in [5, 5.41) is 9.94. The molecule has 5 rings (SSSR count). The number of allylic oxidation sites excluding steroid dienone is 2. The Labute approximate surface area is 199 Å². The highest BCUT2D eigenvalue weighted by atomic mass is 32.2. The van der Waals surface area contributed by atoms with Crippen molar-refractivity contribution in [2.45, 2.75) is 26.3 Å². The van der Waals surface area contributed by atoms with E-state index in [-0.39, 0.29) is 28.7 Å². The van der Waals surface area contributed by atoms with E-state index in [1.165, 1.54) is 4.31 Å². The van der Waals surface area contributed by atoms with Gasteiger partial charge in [-0.05, 0) is 42.7 Å². The number of rotatable bonds is 3. The van der Waals surface area contributed by atoms with E-state index in [1.54, 1.807) is 12.1 Å². The highest BCUT2D eigenvalue weighted by Crippen LogP contribution is 2.51. The molecule has 0 saturated carbocycles. The molecule has 2 aliphatic rings. The number of hydrogen-bond donors (Lipinski definition) is 1. The minimum absolute atomic E-state index is 0.0365.